The van der Waals surface area contributed by atoms with E-state index in [2.05, 4.69) is 33.6 Å². The third-order valence-corrected chi connectivity index (χ3v) is 6.10. The van der Waals surface area contributed by atoms with E-state index in [0.717, 1.165) is 55.6 Å². The highest BCUT2D eigenvalue weighted by atomic mass is 32.1. The van der Waals surface area contributed by atoms with Gasteiger partial charge in [-0.15, -0.1) is 11.3 Å². The number of rotatable bonds is 5. The van der Waals surface area contributed by atoms with E-state index in [4.69, 9.17) is 9.52 Å². The van der Waals surface area contributed by atoms with Crippen LogP contribution in [0.5, 0.6) is 0 Å². The summed E-state index contributed by atoms with van der Waals surface area (Å²) in [7, 11) is 0. The Balaban J connectivity index is 1.49. The zero-order valence-corrected chi connectivity index (χ0v) is 16.1. The summed E-state index contributed by atoms with van der Waals surface area (Å²) in [6, 6.07) is 3.79. The van der Waals surface area contributed by atoms with Crippen molar-refractivity contribution in [1.29, 1.82) is 0 Å². The van der Waals surface area contributed by atoms with Gasteiger partial charge in [-0.3, -0.25) is 4.90 Å². The molecule has 3 aromatic heterocycles. The van der Waals surface area contributed by atoms with Gasteiger partial charge in [0.15, 0.2) is 0 Å². The number of piperazine rings is 1. The second-order valence-electron chi connectivity index (χ2n) is 6.66. The zero-order chi connectivity index (χ0) is 18.1. The highest BCUT2D eigenvalue weighted by Crippen LogP contribution is 2.35. The maximum Gasteiger partial charge on any atom is 0.141 e. The maximum absolute atomic E-state index is 9.12. The second-order valence-corrected chi connectivity index (χ2v) is 7.86. The van der Waals surface area contributed by atoms with E-state index in [0.29, 0.717) is 5.76 Å². The molecule has 1 fully saturated rings. The third kappa shape index (κ3) is 3.22. The molecular weight excluding hydrogens is 348 g/mol. The van der Waals surface area contributed by atoms with Crippen LogP contribution in [0.4, 0.5) is 5.82 Å². The summed E-state index contributed by atoms with van der Waals surface area (Å²) in [5.74, 6) is 2.62. The van der Waals surface area contributed by atoms with Gasteiger partial charge in [0.1, 0.15) is 35.1 Å². The normalized spacial score (nSPS) is 15.9. The number of hydrogen-bond donors (Lipinski definition) is 1. The molecule has 1 saturated heterocycles. The summed E-state index contributed by atoms with van der Waals surface area (Å²) in [6.07, 6.45) is 2.70. The van der Waals surface area contributed by atoms with Crippen molar-refractivity contribution < 1.29 is 9.52 Å². The zero-order valence-electron chi connectivity index (χ0n) is 15.2. The van der Waals surface area contributed by atoms with Crippen molar-refractivity contribution in [3.8, 4) is 0 Å². The topological polar surface area (TPSA) is 65.6 Å². The van der Waals surface area contributed by atoms with Gasteiger partial charge in [-0.2, -0.15) is 0 Å². The van der Waals surface area contributed by atoms with Gasteiger partial charge in [0.2, 0.25) is 0 Å². The summed E-state index contributed by atoms with van der Waals surface area (Å²) in [5.41, 5.74) is 1.38. The lowest BCUT2D eigenvalue weighted by Crippen LogP contribution is -2.46. The van der Waals surface area contributed by atoms with Gasteiger partial charge in [0.05, 0.1) is 11.9 Å². The van der Waals surface area contributed by atoms with Crippen LogP contribution in [0.3, 0.4) is 0 Å². The van der Waals surface area contributed by atoms with Crippen molar-refractivity contribution in [3.63, 3.8) is 0 Å². The Morgan fingerprint density at radius 3 is 2.62 bits per heavy atom. The molecule has 6 nitrogen and oxygen atoms in total. The summed E-state index contributed by atoms with van der Waals surface area (Å²) >= 11 is 1.77. The number of furan rings is 1. The van der Waals surface area contributed by atoms with Gasteiger partial charge in [0.25, 0.3) is 0 Å². The Bertz CT molecular complexity index is 896. The molecule has 0 unspecified atom stereocenters. The van der Waals surface area contributed by atoms with Crippen molar-refractivity contribution in [1.82, 2.24) is 14.9 Å². The molecule has 1 aliphatic rings. The second kappa shape index (κ2) is 7.34. The van der Waals surface area contributed by atoms with Crippen molar-refractivity contribution in [2.45, 2.75) is 33.4 Å². The van der Waals surface area contributed by atoms with E-state index in [1.54, 1.807) is 17.7 Å². The van der Waals surface area contributed by atoms with Crippen LogP contribution in [0.15, 0.2) is 22.9 Å². The van der Waals surface area contributed by atoms with Crippen LogP contribution in [0, 0.1) is 6.92 Å². The summed E-state index contributed by atoms with van der Waals surface area (Å²) in [6.45, 7) is 8.93. The minimum absolute atomic E-state index is 0.0443. The average Bonchev–Trinajstić information content (AvgIpc) is 3.25. The number of aromatic nitrogens is 2. The molecule has 4 heterocycles. The lowest BCUT2D eigenvalue weighted by Gasteiger charge is -2.35. The van der Waals surface area contributed by atoms with E-state index >= 15 is 0 Å². The first kappa shape index (κ1) is 17.5. The molecular formula is C19H24N4O2S. The van der Waals surface area contributed by atoms with Crippen LogP contribution in [0.2, 0.25) is 0 Å². The summed E-state index contributed by atoms with van der Waals surface area (Å²) in [5, 5.41) is 10.4. The predicted molar refractivity (Wildman–Crippen MR) is 104 cm³/mol. The SMILES string of the molecule is CCc1c(C)sc2ncnc(N3CCN(Cc4ccc(CO)o4)CC3)c12. The quantitative estimate of drug-likeness (QED) is 0.743. The first-order valence-corrected chi connectivity index (χ1v) is 9.90. The van der Waals surface area contributed by atoms with Gasteiger partial charge in [-0.05, 0) is 31.0 Å². The number of hydrogen-bond acceptors (Lipinski definition) is 7. The molecule has 0 aliphatic carbocycles. The minimum Gasteiger partial charge on any atom is -0.462 e. The molecule has 138 valence electrons. The number of thiophene rings is 1. The molecule has 0 atom stereocenters. The predicted octanol–water partition coefficient (Wildman–Crippen LogP) is 2.97. The Kier molecular flexibility index (Phi) is 4.93. The highest BCUT2D eigenvalue weighted by molar-refractivity contribution is 7.18. The van der Waals surface area contributed by atoms with E-state index in [1.807, 2.05) is 12.1 Å². The third-order valence-electron chi connectivity index (χ3n) is 5.05. The molecule has 7 heteroatoms. The number of aryl methyl sites for hydroxylation is 2. The molecule has 1 aliphatic heterocycles. The maximum atomic E-state index is 9.12. The fourth-order valence-corrected chi connectivity index (χ4v) is 4.76. The Morgan fingerprint density at radius 2 is 1.92 bits per heavy atom. The standard InChI is InChI=1S/C19H24N4O2S/c1-3-16-13(2)26-19-17(16)18(20-12-21-19)23-8-6-22(7-9-23)10-14-4-5-15(11-24)25-14/h4-5,12,24H,3,6-11H2,1-2H3. The Hall–Kier alpha value is -1.96. The molecule has 0 aromatic carbocycles. The van der Waals surface area contributed by atoms with E-state index in [-0.39, 0.29) is 6.61 Å². The van der Waals surface area contributed by atoms with Crippen LogP contribution < -0.4 is 4.90 Å². The first-order valence-electron chi connectivity index (χ1n) is 9.08. The first-order chi connectivity index (χ1) is 12.7. The number of aliphatic hydroxyl groups excluding tert-OH is 1. The van der Waals surface area contributed by atoms with Gasteiger partial charge in [-0.25, -0.2) is 9.97 Å². The van der Waals surface area contributed by atoms with Crippen LogP contribution in [0.25, 0.3) is 10.2 Å². The fraction of sp³-hybridized carbons (Fsp3) is 0.474. The number of aliphatic hydroxyl groups is 1. The largest absolute Gasteiger partial charge is 0.462 e. The monoisotopic (exact) mass is 372 g/mol. The van der Waals surface area contributed by atoms with E-state index < -0.39 is 0 Å². The molecule has 3 aromatic rings. The van der Waals surface area contributed by atoms with Gasteiger partial charge in [0, 0.05) is 31.1 Å². The summed E-state index contributed by atoms with van der Waals surface area (Å²) in [4.78, 5) is 16.3. The molecule has 0 bridgehead atoms. The molecule has 0 saturated carbocycles. The van der Waals surface area contributed by atoms with Crippen molar-refractivity contribution >= 4 is 27.4 Å². The average molecular weight is 372 g/mol. The number of anilines is 1. The fourth-order valence-electron chi connectivity index (χ4n) is 3.68. The summed E-state index contributed by atoms with van der Waals surface area (Å²) < 4.78 is 5.61. The molecule has 1 N–H and O–H groups in total. The minimum atomic E-state index is -0.0443. The van der Waals surface area contributed by atoms with Crippen LogP contribution in [0.1, 0.15) is 28.9 Å². The smallest absolute Gasteiger partial charge is 0.141 e. The van der Waals surface area contributed by atoms with Crippen molar-refractivity contribution in [2.75, 3.05) is 31.1 Å². The molecule has 0 amide bonds. The van der Waals surface area contributed by atoms with Crippen molar-refractivity contribution in [3.05, 3.63) is 40.4 Å². The van der Waals surface area contributed by atoms with Crippen LogP contribution >= 0.6 is 11.3 Å². The van der Waals surface area contributed by atoms with E-state index in [9.17, 15) is 0 Å². The van der Waals surface area contributed by atoms with Gasteiger partial charge >= 0.3 is 0 Å². The number of nitrogens with zero attached hydrogens (tertiary/aromatic N) is 4. The van der Waals surface area contributed by atoms with E-state index in [1.165, 1.54) is 15.8 Å². The van der Waals surface area contributed by atoms with Crippen LogP contribution in [-0.4, -0.2) is 46.2 Å². The Morgan fingerprint density at radius 1 is 1.15 bits per heavy atom. The van der Waals surface area contributed by atoms with Crippen LogP contribution in [-0.2, 0) is 19.6 Å². The van der Waals surface area contributed by atoms with Gasteiger partial charge < -0.3 is 14.4 Å². The lowest BCUT2D eigenvalue weighted by molar-refractivity contribution is 0.212. The number of fused-ring (bicyclic) bond motifs is 1. The molecule has 4 rings (SSSR count). The molecule has 0 spiro atoms. The highest BCUT2D eigenvalue weighted by Gasteiger charge is 2.23. The molecule has 0 radical (unpaired) electrons. The van der Waals surface area contributed by atoms with Gasteiger partial charge in [-0.1, -0.05) is 6.92 Å². The Labute approximate surface area is 157 Å². The molecule has 26 heavy (non-hydrogen) atoms. The lowest BCUT2D eigenvalue weighted by atomic mass is 10.1. The van der Waals surface area contributed by atoms with Crippen molar-refractivity contribution in [2.24, 2.45) is 0 Å².